The summed E-state index contributed by atoms with van der Waals surface area (Å²) >= 11 is 0. The summed E-state index contributed by atoms with van der Waals surface area (Å²) in [6.07, 6.45) is 8.37. The maximum atomic E-state index is 13.6. The summed E-state index contributed by atoms with van der Waals surface area (Å²) in [6.45, 7) is 9.84. The Morgan fingerprint density at radius 2 is 1.08 bits per heavy atom. The highest BCUT2D eigenvalue weighted by molar-refractivity contribution is 6.01. The summed E-state index contributed by atoms with van der Waals surface area (Å²) in [5, 5.41) is 48.1. The molecule has 0 amide bonds. The third-order valence-corrected chi connectivity index (χ3v) is 9.95. The third kappa shape index (κ3) is 2.24. The SMILES string of the molecule is C/C=C/CCC(=O)C1=C(O)[C@@]2(C)C3C(C(=O)CC/C=C/C)=C(O)[C@@]4(C)C1[C@]1(C)O[C@@]4(O)[C@@]3(C)O[C@@]12O. The number of allylic oxidation sites excluding steroid dienone is 4. The van der Waals surface area contributed by atoms with Crippen molar-refractivity contribution in [2.45, 2.75) is 90.0 Å². The lowest BCUT2D eigenvalue weighted by Gasteiger charge is -2.58. The second-order valence-electron chi connectivity index (χ2n) is 11.6. The molecule has 2 unspecified atom stereocenters. The smallest absolute Gasteiger partial charge is 0.209 e. The van der Waals surface area contributed by atoms with Crippen LogP contribution in [0.1, 0.15) is 67.2 Å². The maximum Gasteiger partial charge on any atom is 0.209 e. The molecule has 36 heavy (non-hydrogen) atoms. The Morgan fingerprint density at radius 3 is 1.39 bits per heavy atom. The molecule has 0 aromatic carbocycles. The normalized spacial score (nSPS) is 48.3. The average Bonchev–Trinajstić information content (AvgIpc) is 3.12. The van der Waals surface area contributed by atoms with Crippen LogP contribution in [0.2, 0.25) is 0 Å². The second kappa shape index (κ2) is 7.19. The predicted molar refractivity (Wildman–Crippen MR) is 129 cm³/mol. The molecule has 1 saturated carbocycles. The molecule has 3 fully saturated rings. The van der Waals surface area contributed by atoms with Crippen LogP contribution in [0.5, 0.6) is 0 Å². The Morgan fingerprint density at radius 1 is 0.750 bits per heavy atom. The van der Waals surface area contributed by atoms with Crippen molar-refractivity contribution in [3.63, 3.8) is 0 Å². The molecule has 3 aliphatic carbocycles. The molecule has 4 N–H and O–H groups in total. The molecule has 0 aromatic rings. The fraction of sp³-hybridized carbons (Fsp3) is 0.643. The number of ketones is 2. The molecule has 2 saturated heterocycles. The van der Waals surface area contributed by atoms with Gasteiger partial charge in [-0.1, -0.05) is 24.3 Å². The largest absolute Gasteiger partial charge is 0.511 e. The first-order chi connectivity index (χ1) is 16.7. The Bertz CT molecular complexity index is 1100. The van der Waals surface area contributed by atoms with Gasteiger partial charge in [0.2, 0.25) is 11.6 Å². The number of carbonyl (C=O) groups is 2. The zero-order valence-corrected chi connectivity index (χ0v) is 21.7. The number of hydrogen-bond acceptors (Lipinski definition) is 8. The van der Waals surface area contributed by atoms with Gasteiger partial charge in [0.1, 0.15) is 22.7 Å². The molecular weight excluding hydrogens is 464 g/mol. The van der Waals surface area contributed by atoms with Crippen molar-refractivity contribution in [1.82, 2.24) is 0 Å². The van der Waals surface area contributed by atoms with E-state index in [-0.39, 0.29) is 47.1 Å². The van der Waals surface area contributed by atoms with E-state index in [0.29, 0.717) is 12.8 Å². The molecule has 2 heterocycles. The molecule has 5 rings (SSSR count). The summed E-state index contributed by atoms with van der Waals surface area (Å²) in [5.74, 6) is -8.17. The van der Waals surface area contributed by atoms with Gasteiger partial charge in [-0.25, -0.2) is 0 Å². The first-order valence-corrected chi connectivity index (χ1v) is 12.7. The van der Waals surface area contributed by atoms with Crippen molar-refractivity contribution in [2.75, 3.05) is 0 Å². The van der Waals surface area contributed by atoms with Gasteiger partial charge in [0.25, 0.3) is 0 Å². The van der Waals surface area contributed by atoms with E-state index in [1.807, 2.05) is 38.2 Å². The van der Waals surface area contributed by atoms with E-state index in [9.17, 15) is 30.0 Å². The van der Waals surface area contributed by atoms with E-state index in [4.69, 9.17) is 9.47 Å². The van der Waals surface area contributed by atoms with Crippen LogP contribution in [-0.4, -0.2) is 54.8 Å². The van der Waals surface area contributed by atoms with Crippen molar-refractivity contribution in [3.05, 3.63) is 47.0 Å². The Labute approximate surface area is 211 Å². The van der Waals surface area contributed by atoms with Gasteiger partial charge < -0.3 is 29.9 Å². The highest BCUT2D eigenvalue weighted by Crippen LogP contribution is 2.84. The summed E-state index contributed by atoms with van der Waals surface area (Å²) in [6, 6.07) is 0. The quantitative estimate of drug-likeness (QED) is 0.371. The Balaban J connectivity index is 1.83. The van der Waals surface area contributed by atoms with Crippen LogP contribution in [0, 0.1) is 22.7 Å². The minimum absolute atomic E-state index is 0.0112. The molecule has 0 radical (unpaired) electrons. The summed E-state index contributed by atoms with van der Waals surface area (Å²) in [5.41, 5.74) is -6.85. The van der Waals surface area contributed by atoms with Gasteiger partial charge >= 0.3 is 0 Å². The van der Waals surface area contributed by atoms with Crippen molar-refractivity contribution in [3.8, 4) is 0 Å². The summed E-state index contributed by atoms with van der Waals surface area (Å²) < 4.78 is 12.6. The van der Waals surface area contributed by atoms with Gasteiger partial charge in [0, 0.05) is 35.8 Å². The van der Waals surface area contributed by atoms with Gasteiger partial charge in [-0.15, -0.1) is 0 Å². The number of aliphatic hydroxyl groups is 4. The van der Waals surface area contributed by atoms with E-state index >= 15 is 0 Å². The number of rotatable bonds is 8. The lowest BCUT2D eigenvalue weighted by atomic mass is 9.42. The standard InChI is InChI=1S/C28H36O8/c1-7-9-11-13-15(29)17-19-23(3)22(32)18(16(30)14-12-10-8-2)20-24(4,21(17)31)28(34)25(19,5)35-27(23,33)26(20,6)36-28/h7-10,19-20,31-34H,11-14H2,1-6H3/b9-7+,10-8+/t19?,20?,23-,24-,25+,26+,27-,28-/m1/s1. The van der Waals surface area contributed by atoms with E-state index in [1.54, 1.807) is 13.8 Å². The number of hydrogen-bond donors (Lipinski definition) is 4. The molecule has 8 bridgehead atoms. The minimum Gasteiger partial charge on any atom is -0.511 e. The molecule has 8 heteroatoms. The van der Waals surface area contributed by atoms with Crippen LogP contribution in [0.4, 0.5) is 0 Å². The zero-order valence-electron chi connectivity index (χ0n) is 21.7. The molecule has 5 aliphatic rings. The number of Topliss-reactive ketones (excluding diaryl/α,β-unsaturated/α-hetero) is 2. The monoisotopic (exact) mass is 500 g/mol. The Hall–Kier alpha value is -2.26. The minimum atomic E-state index is -2.18. The first-order valence-electron chi connectivity index (χ1n) is 12.7. The van der Waals surface area contributed by atoms with E-state index in [0.717, 1.165) is 0 Å². The average molecular weight is 501 g/mol. The Kier molecular flexibility index (Phi) is 5.07. The summed E-state index contributed by atoms with van der Waals surface area (Å²) in [7, 11) is 0. The van der Waals surface area contributed by atoms with Gasteiger partial charge in [-0.2, -0.15) is 0 Å². The third-order valence-electron chi connectivity index (χ3n) is 9.95. The highest BCUT2D eigenvalue weighted by Gasteiger charge is 2.97. The van der Waals surface area contributed by atoms with Crippen LogP contribution in [0.3, 0.4) is 0 Å². The lowest BCUT2D eigenvalue weighted by molar-refractivity contribution is -0.452. The zero-order chi connectivity index (χ0) is 26.7. The van der Waals surface area contributed by atoms with E-state index < -0.39 is 45.4 Å². The van der Waals surface area contributed by atoms with Gasteiger partial charge in [0.05, 0.1) is 10.8 Å². The van der Waals surface area contributed by atoms with Crippen LogP contribution < -0.4 is 0 Å². The van der Waals surface area contributed by atoms with Gasteiger partial charge in [0.15, 0.2) is 11.6 Å². The number of carbonyl (C=O) groups excluding carboxylic acids is 2. The molecular formula is C28H36O8. The fourth-order valence-electron chi connectivity index (χ4n) is 8.37. The molecule has 8 nitrogen and oxygen atoms in total. The second-order valence-corrected chi connectivity index (χ2v) is 11.6. The topological polar surface area (TPSA) is 134 Å². The van der Waals surface area contributed by atoms with Crippen molar-refractivity contribution >= 4 is 11.6 Å². The van der Waals surface area contributed by atoms with Crippen molar-refractivity contribution < 1.29 is 39.5 Å². The molecule has 196 valence electrons. The van der Waals surface area contributed by atoms with E-state index in [2.05, 4.69) is 0 Å². The fourth-order valence-corrected chi connectivity index (χ4v) is 8.37. The predicted octanol–water partition coefficient (Wildman–Crippen LogP) is 3.70. The molecule has 0 aromatic heterocycles. The molecule has 0 spiro atoms. The van der Waals surface area contributed by atoms with Gasteiger partial charge in [-0.05, 0) is 54.4 Å². The van der Waals surface area contributed by atoms with Crippen LogP contribution in [0.15, 0.2) is 47.0 Å². The summed E-state index contributed by atoms with van der Waals surface area (Å²) in [4.78, 5) is 27.3. The molecule has 8 atom stereocenters. The van der Waals surface area contributed by atoms with Crippen molar-refractivity contribution in [2.24, 2.45) is 22.7 Å². The molecule has 2 aliphatic heterocycles. The number of ether oxygens (including phenoxy) is 2. The maximum absolute atomic E-state index is 13.6. The van der Waals surface area contributed by atoms with Gasteiger partial charge in [-0.3, -0.25) is 9.59 Å². The highest BCUT2D eigenvalue weighted by atomic mass is 16.8. The number of aliphatic hydroxyl groups excluding tert-OH is 2. The van der Waals surface area contributed by atoms with Crippen LogP contribution in [0.25, 0.3) is 0 Å². The lowest BCUT2D eigenvalue weighted by Crippen LogP contribution is -2.70. The van der Waals surface area contributed by atoms with Crippen LogP contribution in [-0.2, 0) is 19.1 Å². The van der Waals surface area contributed by atoms with Crippen molar-refractivity contribution in [1.29, 1.82) is 0 Å². The first kappa shape index (κ1) is 25.4. The van der Waals surface area contributed by atoms with Crippen LogP contribution >= 0.6 is 0 Å². The van der Waals surface area contributed by atoms with E-state index in [1.165, 1.54) is 13.8 Å².